The quantitative estimate of drug-likeness (QED) is 0.820. The van der Waals surface area contributed by atoms with Crippen molar-refractivity contribution in [2.75, 3.05) is 20.7 Å². The van der Waals surface area contributed by atoms with E-state index < -0.39 is 0 Å². The van der Waals surface area contributed by atoms with E-state index >= 15 is 0 Å². The molecule has 0 heterocycles. The molecule has 1 unspecified atom stereocenters. The number of para-hydroxylation sites is 1. The lowest BCUT2D eigenvalue weighted by molar-refractivity contribution is 0.0865. The van der Waals surface area contributed by atoms with Gasteiger partial charge in [0.05, 0.1) is 7.11 Å². The fourth-order valence-corrected chi connectivity index (χ4v) is 2.94. The topological polar surface area (TPSA) is 47.3 Å². The Kier molecular flexibility index (Phi) is 3.69. The number of nitrogens with one attached hydrogen (secondary N) is 1. The van der Waals surface area contributed by atoms with Gasteiger partial charge in [0.1, 0.15) is 5.75 Å². The highest BCUT2D eigenvalue weighted by molar-refractivity contribution is 5.37. The van der Waals surface area contributed by atoms with Gasteiger partial charge in [-0.3, -0.25) is 0 Å². The first-order chi connectivity index (χ1) is 8.27. The van der Waals surface area contributed by atoms with Gasteiger partial charge in [-0.05, 0) is 32.5 Å². The van der Waals surface area contributed by atoms with Gasteiger partial charge in [-0.15, -0.1) is 0 Å². The first-order valence-corrected chi connectivity index (χ1v) is 6.27. The van der Waals surface area contributed by atoms with E-state index in [1.54, 1.807) is 7.11 Å². The van der Waals surface area contributed by atoms with Crippen molar-refractivity contribution in [3.8, 4) is 5.75 Å². The van der Waals surface area contributed by atoms with Crippen LogP contribution in [0.1, 0.15) is 30.9 Å². The molecule has 0 radical (unpaired) electrons. The minimum absolute atomic E-state index is 0.212. The number of hydrogen-bond acceptors (Lipinski definition) is 3. The van der Waals surface area contributed by atoms with Crippen LogP contribution in [0.25, 0.3) is 0 Å². The Bertz CT molecular complexity index is 369. The summed E-state index contributed by atoms with van der Waals surface area (Å²) in [7, 11) is 3.73. The molecule has 0 bridgehead atoms. The van der Waals surface area contributed by atoms with E-state index in [1.807, 2.05) is 19.2 Å². The molecule has 94 valence electrons. The number of benzene rings is 1. The van der Waals surface area contributed by atoms with E-state index in [2.05, 4.69) is 17.4 Å². The fraction of sp³-hybridized carbons (Fsp3) is 0.571. The molecule has 1 aromatic rings. The number of hydrogen-bond donors (Lipinski definition) is 2. The van der Waals surface area contributed by atoms with E-state index in [1.165, 1.54) is 24.8 Å². The van der Waals surface area contributed by atoms with Gasteiger partial charge in [0.2, 0.25) is 0 Å². The highest BCUT2D eigenvalue weighted by Crippen LogP contribution is 2.50. The molecule has 0 aliphatic heterocycles. The summed E-state index contributed by atoms with van der Waals surface area (Å²) in [6.45, 7) is 0.733. The largest absolute Gasteiger partial charge is 0.496 e. The number of rotatable bonds is 5. The molecule has 1 aliphatic rings. The van der Waals surface area contributed by atoms with E-state index in [9.17, 15) is 0 Å². The Balaban J connectivity index is 2.34. The van der Waals surface area contributed by atoms with Crippen molar-refractivity contribution in [2.24, 2.45) is 11.1 Å². The van der Waals surface area contributed by atoms with Crippen molar-refractivity contribution in [1.29, 1.82) is 0 Å². The maximum absolute atomic E-state index is 5.99. The first-order valence-electron chi connectivity index (χ1n) is 6.27. The lowest BCUT2D eigenvalue weighted by Crippen LogP contribution is -2.47. The zero-order valence-electron chi connectivity index (χ0n) is 10.7. The van der Waals surface area contributed by atoms with Crippen molar-refractivity contribution >= 4 is 0 Å². The predicted molar refractivity (Wildman–Crippen MR) is 70.1 cm³/mol. The molecule has 1 saturated carbocycles. The molecule has 3 heteroatoms. The molecular formula is C14H22N2O. The fourth-order valence-electron chi connectivity index (χ4n) is 2.94. The van der Waals surface area contributed by atoms with Crippen LogP contribution in [-0.2, 0) is 0 Å². The molecule has 2 rings (SSSR count). The summed E-state index contributed by atoms with van der Waals surface area (Å²) < 4.78 is 5.46. The molecule has 3 N–H and O–H groups in total. The average Bonchev–Trinajstić information content (AvgIpc) is 2.33. The number of ether oxygens (including phenoxy) is 1. The molecule has 0 spiro atoms. The second kappa shape index (κ2) is 5.07. The monoisotopic (exact) mass is 234 g/mol. The van der Waals surface area contributed by atoms with E-state index in [-0.39, 0.29) is 11.5 Å². The van der Waals surface area contributed by atoms with Crippen LogP contribution < -0.4 is 15.8 Å². The third-order valence-corrected chi connectivity index (χ3v) is 4.11. The highest BCUT2D eigenvalue weighted by atomic mass is 16.5. The lowest BCUT2D eigenvalue weighted by atomic mass is 9.62. The zero-order chi connectivity index (χ0) is 12.3. The summed E-state index contributed by atoms with van der Waals surface area (Å²) in [6.07, 6.45) is 3.69. The molecule has 1 aromatic carbocycles. The van der Waals surface area contributed by atoms with Gasteiger partial charge in [0.15, 0.2) is 0 Å². The van der Waals surface area contributed by atoms with Crippen LogP contribution in [0.15, 0.2) is 24.3 Å². The second-order valence-electron chi connectivity index (χ2n) is 4.88. The van der Waals surface area contributed by atoms with Gasteiger partial charge < -0.3 is 15.8 Å². The van der Waals surface area contributed by atoms with Crippen molar-refractivity contribution in [1.82, 2.24) is 5.32 Å². The van der Waals surface area contributed by atoms with Gasteiger partial charge in [0.25, 0.3) is 0 Å². The molecule has 0 aromatic heterocycles. The smallest absolute Gasteiger partial charge is 0.123 e. The predicted octanol–water partition coefficient (Wildman–Crippen LogP) is 2.08. The molecule has 1 atom stereocenters. The van der Waals surface area contributed by atoms with Crippen LogP contribution >= 0.6 is 0 Å². The first kappa shape index (κ1) is 12.4. The SMILES string of the molecule is CNC(c1ccccc1OC)C1(CN)CCC1. The Hall–Kier alpha value is -1.06. The third kappa shape index (κ3) is 2.05. The molecule has 0 saturated heterocycles. The standard InChI is InChI=1S/C14H22N2O/c1-16-13(14(10-15)8-5-9-14)11-6-3-4-7-12(11)17-2/h3-4,6-7,13,16H,5,8-10,15H2,1-2H3. The van der Waals surface area contributed by atoms with Crippen LogP contribution in [0.2, 0.25) is 0 Å². The molecule has 1 aliphatic carbocycles. The molecule has 0 amide bonds. The molecule has 3 nitrogen and oxygen atoms in total. The number of nitrogens with two attached hydrogens (primary N) is 1. The van der Waals surface area contributed by atoms with Gasteiger partial charge in [0, 0.05) is 17.0 Å². The zero-order valence-corrected chi connectivity index (χ0v) is 10.7. The maximum Gasteiger partial charge on any atom is 0.123 e. The average molecular weight is 234 g/mol. The van der Waals surface area contributed by atoms with Crippen molar-refractivity contribution in [3.05, 3.63) is 29.8 Å². The summed E-state index contributed by atoms with van der Waals surface area (Å²) in [5.41, 5.74) is 7.43. The minimum Gasteiger partial charge on any atom is -0.496 e. The number of methoxy groups -OCH3 is 1. The van der Waals surface area contributed by atoms with Crippen molar-refractivity contribution < 1.29 is 4.74 Å². The summed E-state index contributed by atoms with van der Waals surface area (Å²) in [5.74, 6) is 0.951. The van der Waals surface area contributed by atoms with Gasteiger partial charge >= 0.3 is 0 Å². The van der Waals surface area contributed by atoms with Crippen molar-refractivity contribution in [3.63, 3.8) is 0 Å². The van der Waals surface area contributed by atoms with Crippen LogP contribution in [0.4, 0.5) is 0 Å². The Morgan fingerprint density at radius 3 is 2.59 bits per heavy atom. The summed E-state index contributed by atoms with van der Waals surface area (Å²) in [4.78, 5) is 0. The molecule has 17 heavy (non-hydrogen) atoms. The Morgan fingerprint density at radius 1 is 1.41 bits per heavy atom. The Morgan fingerprint density at radius 2 is 2.12 bits per heavy atom. The second-order valence-corrected chi connectivity index (χ2v) is 4.88. The van der Waals surface area contributed by atoms with E-state index in [0.29, 0.717) is 0 Å². The van der Waals surface area contributed by atoms with Gasteiger partial charge in [-0.1, -0.05) is 24.6 Å². The molecular weight excluding hydrogens is 212 g/mol. The maximum atomic E-state index is 5.99. The minimum atomic E-state index is 0.212. The Labute approximate surface area is 103 Å². The van der Waals surface area contributed by atoms with E-state index in [0.717, 1.165) is 12.3 Å². The highest BCUT2D eigenvalue weighted by Gasteiger charge is 2.43. The van der Waals surface area contributed by atoms with Crippen LogP contribution in [0.3, 0.4) is 0 Å². The summed E-state index contributed by atoms with van der Waals surface area (Å²) in [6, 6.07) is 8.51. The van der Waals surface area contributed by atoms with Crippen molar-refractivity contribution in [2.45, 2.75) is 25.3 Å². The van der Waals surface area contributed by atoms with Crippen LogP contribution in [-0.4, -0.2) is 20.7 Å². The lowest BCUT2D eigenvalue weighted by Gasteiger charge is -2.47. The molecule has 1 fully saturated rings. The van der Waals surface area contributed by atoms with Crippen LogP contribution in [0, 0.1) is 5.41 Å². The van der Waals surface area contributed by atoms with Crippen LogP contribution in [0.5, 0.6) is 5.75 Å². The summed E-state index contributed by atoms with van der Waals surface area (Å²) in [5, 5.41) is 3.43. The third-order valence-electron chi connectivity index (χ3n) is 4.11. The van der Waals surface area contributed by atoms with Gasteiger partial charge in [-0.25, -0.2) is 0 Å². The van der Waals surface area contributed by atoms with Gasteiger partial charge in [-0.2, -0.15) is 0 Å². The normalized spacial score (nSPS) is 19.5. The summed E-state index contributed by atoms with van der Waals surface area (Å²) >= 11 is 0. The van der Waals surface area contributed by atoms with E-state index in [4.69, 9.17) is 10.5 Å².